The second-order valence-electron chi connectivity index (χ2n) is 6.98. The van der Waals surface area contributed by atoms with Crippen LogP contribution >= 0.6 is 23.2 Å². The molecule has 4 rings (SSSR count). The third-order valence-electron chi connectivity index (χ3n) is 4.96. The summed E-state index contributed by atoms with van der Waals surface area (Å²) in [6, 6.07) is 10.7. The molecular weight excluding hydrogens is 467 g/mol. The van der Waals surface area contributed by atoms with E-state index in [1.54, 1.807) is 50.3 Å². The zero-order valence-corrected chi connectivity index (χ0v) is 19.7. The van der Waals surface area contributed by atoms with Crippen molar-refractivity contribution in [2.45, 2.75) is 0 Å². The standard InChI is InChI=1S/C22H22Cl2N6O3/c1-31-9-8-26-22-27-19(12-4-7-16(32-2)17(10-12)33-3)18-20(25)30(29-21(18)28-22)13-5-6-14(23)15(24)11-13/h4-7,10-11H,8-9,25H2,1-3H3,(H,26,28,29). The van der Waals surface area contributed by atoms with Crippen molar-refractivity contribution in [2.75, 3.05) is 45.5 Å². The van der Waals surface area contributed by atoms with Crippen molar-refractivity contribution in [1.29, 1.82) is 0 Å². The van der Waals surface area contributed by atoms with E-state index in [2.05, 4.69) is 15.4 Å². The van der Waals surface area contributed by atoms with Crippen LogP contribution in [0, 0.1) is 0 Å². The van der Waals surface area contributed by atoms with Crippen molar-refractivity contribution in [3.05, 3.63) is 46.4 Å². The Morgan fingerprint density at radius 3 is 2.45 bits per heavy atom. The van der Waals surface area contributed by atoms with Gasteiger partial charge in [-0.25, -0.2) is 9.67 Å². The van der Waals surface area contributed by atoms with E-state index in [9.17, 15) is 0 Å². The third-order valence-corrected chi connectivity index (χ3v) is 5.70. The second kappa shape index (κ2) is 9.70. The monoisotopic (exact) mass is 488 g/mol. The lowest BCUT2D eigenvalue weighted by molar-refractivity contribution is 0.210. The van der Waals surface area contributed by atoms with Gasteiger partial charge in [-0.2, -0.15) is 4.98 Å². The normalized spacial score (nSPS) is 11.1. The minimum absolute atomic E-state index is 0.358. The van der Waals surface area contributed by atoms with E-state index in [1.807, 2.05) is 12.1 Å². The van der Waals surface area contributed by atoms with Gasteiger partial charge in [-0.3, -0.25) is 0 Å². The molecule has 0 amide bonds. The minimum atomic E-state index is 0.358. The molecule has 4 aromatic rings. The largest absolute Gasteiger partial charge is 0.493 e. The summed E-state index contributed by atoms with van der Waals surface area (Å²) in [5.41, 5.74) is 8.95. The summed E-state index contributed by atoms with van der Waals surface area (Å²) >= 11 is 12.3. The van der Waals surface area contributed by atoms with E-state index < -0.39 is 0 Å². The Labute approximate surface area is 200 Å². The molecule has 0 saturated heterocycles. The van der Waals surface area contributed by atoms with E-state index in [-0.39, 0.29) is 0 Å². The molecule has 2 aromatic carbocycles. The summed E-state index contributed by atoms with van der Waals surface area (Å²) in [4.78, 5) is 9.27. The predicted octanol–water partition coefficient (Wildman–Crippen LogP) is 4.45. The summed E-state index contributed by atoms with van der Waals surface area (Å²) in [7, 11) is 4.78. The highest BCUT2D eigenvalue weighted by molar-refractivity contribution is 6.42. The molecule has 0 radical (unpaired) electrons. The molecule has 33 heavy (non-hydrogen) atoms. The molecule has 0 fully saturated rings. The van der Waals surface area contributed by atoms with Crippen LogP contribution < -0.4 is 20.5 Å². The molecule has 11 heteroatoms. The van der Waals surface area contributed by atoms with Crippen molar-refractivity contribution in [3.8, 4) is 28.4 Å². The van der Waals surface area contributed by atoms with Gasteiger partial charge in [0.25, 0.3) is 0 Å². The lowest BCUT2D eigenvalue weighted by Crippen LogP contribution is -2.10. The molecule has 0 unspecified atom stereocenters. The van der Waals surface area contributed by atoms with Crippen LogP contribution in [0.2, 0.25) is 10.0 Å². The number of nitrogens with one attached hydrogen (secondary N) is 1. The van der Waals surface area contributed by atoms with Gasteiger partial charge in [0.15, 0.2) is 17.1 Å². The molecule has 172 valence electrons. The van der Waals surface area contributed by atoms with Crippen LogP contribution in [-0.4, -0.2) is 54.2 Å². The summed E-state index contributed by atoms with van der Waals surface area (Å²) in [5, 5.41) is 9.18. The fourth-order valence-electron chi connectivity index (χ4n) is 3.36. The number of aromatic nitrogens is 4. The Bertz CT molecular complexity index is 1310. The zero-order valence-electron chi connectivity index (χ0n) is 18.2. The van der Waals surface area contributed by atoms with Gasteiger partial charge in [-0.15, -0.1) is 5.10 Å². The van der Waals surface area contributed by atoms with E-state index in [4.69, 9.17) is 48.1 Å². The maximum absolute atomic E-state index is 6.54. The molecule has 0 spiro atoms. The van der Waals surface area contributed by atoms with Crippen LogP contribution in [0.1, 0.15) is 0 Å². The van der Waals surface area contributed by atoms with Crippen molar-refractivity contribution in [1.82, 2.24) is 19.7 Å². The Hall–Kier alpha value is -3.27. The SMILES string of the molecule is COCCNc1nc(-c2ccc(OC)c(OC)c2)c2c(N)n(-c3ccc(Cl)c(Cl)c3)nc2n1. The molecule has 0 aliphatic carbocycles. The van der Waals surface area contributed by atoms with Crippen molar-refractivity contribution in [3.63, 3.8) is 0 Å². The highest BCUT2D eigenvalue weighted by atomic mass is 35.5. The van der Waals surface area contributed by atoms with Crippen LogP contribution in [-0.2, 0) is 4.74 Å². The first-order valence-electron chi connectivity index (χ1n) is 9.93. The van der Waals surface area contributed by atoms with Crippen LogP contribution in [0.5, 0.6) is 11.5 Å². The number of ether oxygens (including phenoxy) is 3. The summed E-state index contributed by atoms with van der Waals surface area (Å²) in [6.07, 6.45) is 0. The van der Waals surface area contributed by atoms with E-state index >= 15 is 0 Å². The number of hydrogen-bond donors (Lipinski definition) is 2. The predicted molar refractivity (Wildman–Crippen MR) is 130 cm³/mol. The van der Waals surface area contributed by atoms with Gasteiger partial charge in [0.05, 0.1) is 47.6 Å². The average molecular weight is 489 g/mol. The topological polar surface area (TPSA) is 109 Å². The van der Waals surface area contributed by atoms with Gasteiger partial charge in [0, 0.05) is 19.2 Å². The fourth-order valence-corrected chi connectivity index (χ4v) is 3.65. The molecule has 2 heterocycles. The Kier molecular flexibility index (Phi) is 6.73. The third kappa shape index (κ3) is 4.47. The molecule has 0 bridgehead atoms. The van der Waals surface area contributed by atoms with Gasteiger partial charge < -0.3 is 25.3 Å². The van der Waals surface area contributed by atoms with Gasteiger partial charge >= 0.3 is 0 Å². The maximum Gasteiger partial charge on any atom is 0.225 e. The first-order chi connectivity index (χ1) is 16.0. The van der Waals surface area contributed by atoms with E-state index in [0.717, 1.165) is 5.56 Å². The molecule has 3 N–H and O–H groups in total. The molecule has 9 nitrogen and oxygen atoms in total. The second-order valence-corrected chi connectivity index (χ2v) is 7.79. The number of nitrogen functional groups attached to an aromatic ring is 1. The number of methoxy groups -OCH3 is 3. The number of halogens is 2. The number of nitrogens with zero attached hydrogens (tertiary/aromatic N) is 4. The zero-order chi connectivity index (χ0) is 23.5. The van der Waals surface area contributed by atoms with Crippen LogP contribution in [0.25, 0.3) is 28.0 Å². The summed E-state index contributed by atoms with van der Waals surface area (Å²) in [6.45, 7) is 1.02. The molecular formula is C22H22Cl2N6O3. The highest BCUT2D eigenvalue weighted by Crippen LogP contribution is 2.37. The lowest BCUT2D eigenvalue weighted by Gasteiger charge is -2.11. The van der Waals surface area contributed by atoms with Gasteiger partial charge in [0.1, 0.15) is 5.82 Å². The molecule has 0 atom stereocenters. The van der Waals surface area contributed by atoms with Gasteiger partial charge in [-0.05, 0) is 36.4 Å². The van der Waals surface area contributed by atoms with Crippen LogP contribution in [0.4, 0.5) is 11.8 Å². The Morgan fingerprint density at radius 2 is 1.76 bits per heavy atom. The van der Waals surface area contributed by atoms with Crippen molar-refractivity contribution >= 4 is 46.0 Å². The fraction of sp³-hybridized carbons (Fsp3) is 0.227. The summed E-state index contributed by atoms with van der Waals surface area (Å²) in [5.74, 6) is 1.91. The molecule has 0 aliphatic rings. The first-order valence-corrected chi connectivity index (χ1v) is 10.7. The number of anilines is 2. The summed E-state index contributed by atoms with van der Waals surface area (Å²) < 4.78 is 17.5. The minimum Gasteiger partial charge on any atom is -0.493 e. The van der Waals surface area contributed by atoms with Gasteiger partial charge in [-0.1, -0.05) is 23.2 Å². The van der Waals surface area contributed by atoms with E-state index in [1.165, 1.54) is 0 Å². The lowest BCUT2D eigenvalue weighted by atomic mass is 10.1. The molecule has 2 aromatic heterocycles. The maximum atomic E-state index is 6.54. The Morgan fingerprint density at radius 1 is 0.970 bits per heavy atom. The number of nitrogens with two attached hydrogens (primary N) is 1. The molecule has 0 aliphatic heterocycles. The van der Waals surface area contributed by atoms with Gasteiger partial charge in [0.2, 0.25) is 5.95 Å². The van der Waals surface area contributed by atoms with Crippen molar-refractivity contribution < 1.29 is 14.2 Å². The van der Waals surface area contributed by atoms with Crippen molar-refractivity contribution in [2.24, 2.45) is 0 Å². The highest BCUT2D eigenvalue weighted by Gasteiger charge is 2.20. The average Bonchev–Trinajstić information content (AvgIpc) is 3.16. The number of fused-ring (bicyclic) bond motifs is 1. The van der Waals surface area contributed by atoms with E-state index in [0.29, 0.717) is 68.9 Å². The smallest absolute Gasteiger partial charge is 0.225 e. The number of benzene rings is 2. The van der Waals surface area contributed by atoms with Crippen LogP contribution in [0.3, 0.4) is 0 Å². The quantitative estimate of drug-likeness (QED) is 0.350. The first kappa shape index (κ1) is 22.9. The number of rotatable bonds is 8. The Balaban J connectivity index is 1.93. The molecule has 0 saturated carbocycles. The number of hydrogen-bond acceptors (Lipinski definition) is 8. The van der Waals surface area contributed by atoms with Crippen LogP contribution in [0.15, 0.2) is 36.4 Å².